The Hall–Kier alpha value is -0.160. The van der Waals surface area contributed by atoms with E-state index in [4.69, 9.17) is 19.3 Å². The predicted molar refractivity (Wildman–Crippen MR) is 42.5 cm³/mol. The van der Waals surface area contributed by atoms with E-state index in [9.17, 15) is 0 Å². The Kier molecular flexibility index (Phi) is 2.73. The van der Waals surface area contributed by atoms with Gasteiger partial charge in [-0.1, -0.05) is 6.92 Å². The molecule has 1 heterocycles. The van der Waals surface area contributed by atoms with E-state index in [2.05, 4.69) is 0 Å². The largest absolute Gasteiger partial charge is 0.396 e. The van der Waals surface area contributed by atoms with Gasteiger partial charge >= 0.3 is 0 Å². The van der Waals surface area contributed by atoms with Crippen molar-refractivity contribution >= 4 is 0 Å². The molecule has 0 aromatic rings. The third-order valence-electron chi connectivity index (χ3n) is 2.12. The Morgan fingerprint density at radius 3 is 2.17 bits per heavy atom. The van der Waals surface area contributed by atoms with Crippen molar-refractivity contribution < 1.29 is 19.3 Å². The molecule has 12 heavy (non-hydrogen) atoms. The number of rotatable bonds is 2. The number of methoxy groups -OCH3 is 1. The van der Waals surface area contributed by atoms with Gasteiger partial charge in [-0.05, 0) is 0 Å². The van der Waals surface area contributed by atoms with Crippen molar-refractivity contribution in [2.45, 2.75) is 19.8 Å². The van der Waals surface area contributed by atoms with E-state index < -0.39 is 5.97 Å². The summed E-state index contributed by atoms with van der Waals surface area (Å²) in [5.41, 5.74) is -0.294. The molecular formula is C8H16O4. The third-order valence-corrected chi connectivity index (χ3v) is 2.12. The summed E-state index contributed by atoms with van der Waals surface area (Å²) < 4.78 is 15.6. The maximum atomic E-state index is 8.99. The summed E-state index contributed by atoms with van der Waals surface area (Å²) in [5.74, 6) is -0.936. The molecule has 0 aromatic heterocycles. The molecule has 72 valence electrons. The van der Waals surface area contributed by atoms with E-state index in [-0.39, 0.29) is 12.0 Å². The van der Waals surface area contributed by atoms with Crippen LogP contribution in [0.3, 0.4) is 0 Å². The van der Waals surface area contributed by atoms with Gasteiger partial charge in [-0.2, -0.15) is 0 Å². The average Bonchev–Trinajstić information content (AvgIpc) is 2.11. The molecule has 0 atom stereocenters. The SMILES string of the molecule is COC1(C)OCC(C)(CO)CO1. The summed E-state index contributed by atoms with van der Waals surface area (Å²) in [6.07, 6.45) is 0. The van der Waals surface area contributed by atoms with Crippen LogP contribution >= 0.6 is 0 Å². The van der Waals surface area contributed by atoms with E-state index in [1.54, 1.807) is 6.92 Å². The van der Waals surface area contributed by atoms with Crippen LogP contribution in [0.5, 0.6) is 0 Å². The van der Waals surface area contributed by atoms with Crippen LogP contribution < -0.4 is 0 Å². The minimum absolute atomic E-state index is 0.0623. The standard InChI is InChI=1S/C8H16O4/c1-7(4-9)5-11-8(2,10-3)12-6-7/h9H,4-6H2,1-3H3. The first-order valence-electron chi connectivity index (χ1n) is 3.97. The molecule has 0 bridgehead atoms. The van der Waals surface area contributed by atoms with Gasteiger partial charge in [0.25, 0.3) is 5.97 Å². The zero-order valence-corrected chi connectivity index (χ0v) is 7.79. The molecule has 0 saturated carbocycles. The maximum absolute atomic E-state index is 8.99. The highest BCUT2D eigenvalue weighted by molar-refractivity contribution is 4.76. The van der Waals surface area contributed by atoms with Crippen LogP contribution in [0.4, 0.5) is 0 Å². The lowest BCUT2D eigenvalue weighted by Gasteiger charge is -2.40. The molecule has 0 amide bonds. The van der Waals surface area contributed by atoms with Crippen LogP contribution in [0.2, 0.25) is 0 Å². The zero-order valence-electron chi connectivity index (χ0n) is 7.79. The van der Waals surface area contributed by atoms with E-state index in [1.165, 1.54) is 7.11 Å². The van der Waals surface area contributed by atoms with Crippen molar-refractivity contribution in [1.29, 1.82) is 0 Å². The Bertz CT molecular complexity index is 131. The smallest absolute Gasteiger partial charge is 0.279 e. The fraction of sp³-hybridized carbons (Fsp3) is 1.00. The van der Waals surface area contributed by atoms with Crippen LogP contribution in [0.15, 0.2) is 0 Å². The van der Waals surface area contributed by atoms with Crippen LogP contribution in [0, 0.1) is 5.41 Å². The summed E-state index contributed by atoms with van der Waals surface area (Å²) in [5, 5.41) is 8.99. The Balaban J connectivity index is 2.49. The van der Waals surface area contributed by atoms with Gasteiger partial charge in [-0.3, -0.25) is 0 Å². The molecule has 1 rings (SSSR count). The molecule has 1 saturated heterocycles. The highest BCUT2D eigenvalue weighted by atomic mass is 16.9. The topological polar surface area (TPSA) is 47.9 Å². The molecule has 4 nitrogen and oxygen atoms in total. The van der Waals surface area contributed by atoms with Crippen LogP contribution in [-0.4, -0.2) is 38.0 Å². The number of aliphatic hydroxyl groups excluding tert-OH is 1. The van der Waals surface area contributed by atoms with Crippen molar-refractivity contribution in [3.63, 3.8) is 0 Å². The van der Waals surface area contributed by atoms with Gasteiger partial charge in [0, 0.05) is 19.4 Å². The predicted octanol–water partition coefficient (Wildman–Crippen LogP) is 0.352. The third kappa shape index (κ3) is 1.95. The van der Waals surface area contributed by atoms with Crippen molar-refractivity contribution in [2.24, 2.45) is 5.41 Å². The number of aliphatic hydroxyl groups is 1. The first-order valence-corrected chi connectivity index (χ1v) is 3.97. The summed E-state index contributed by atoms with van der Waals surface area (Å²) in [6, 6.07) is 0. The maximum Gasteiger partial charge on any atom is 0.279 e. The van der Waals surface area contributed by atoms with E-state index in [0.717, 1.165) is 0 Å². The van der Waals surface area contributed by atoms with Gasteiger partial charge in [0.15, 0.2) is 0 Å². The van der Waals surface area contributed by atoms with Crippen molar-refractivity contribution in [3.05, 3.63) is 0 Å². The van der Waals surface area contributed by atoms with Gasteiger partial charge in [0.1, 0.15) is 0 Å². The molecule has 1 N–H and O–H groups in total. The highest BCUT2D eigenvalue weighted by Crippen LogP contribution is 2.29. The first kappa shape index (κ1) is 9.92. The number of hydrogen-bond acceptors (Lipinski definition) is 4. The minimum Gasteiger partial charge on any atom is -0.396 e. The van der Waals surface area contributed by atoms with Gasteiger partial charge in [-0.25, -0.2) is 0 Å². The van der Waals surface area contributed by atoms with Crippen molar-refractivity contribution in [2.75, 3.05) is 26.9 Å². The Morgan fingerprint density at radius 1 is 1.33 bits per heavy atom. The molecule has 0 aliphatic carbocycles. The van der Waals surface area contributed by atoms with Crippen LogP contribution in [0.1, 0.15) is 13.8 Å². The highest BCUT2D eigenvalue weighted by Gasteiger charge is 2.39. The minimum atomic E-state index is -0.936. The lowest BCUT2D eigenvalue weighted by Crippen LogP contribution is -2.49. The van der Waals surface area contributed by atoms with E-state index in [0.29, 0.717) is 13.2 Å². The molecule has 0 radical (unpaired) electrons. The van der Waals surface area contributed by atoms with Crippen LogP contribution in [-0.2, 0) is 14.2 Å². The van der Waals surface area contributed by atoms with Crippen LogP contribution in [0.25, 0.3) is 0 Å². The lowest BCUT2D eigenvalue weighted by molar-refractivity contribution is -0.402. The molecular weight excluding hydrogens is 160 g/mol. The molecule has 1 aliphatic heterocycles. The number of ether oxygens (including phenoxy) is 3. The lowest BCUT2D eigenvalue weighted by atomic mass is 9.93. The molecule has 4 heteroatoms. The zero-order chi connectivity index (χ0) is 9.24. The van der Waals surface area contributed by atoms with Gasteiger partial charge in [-0.15, -0.1) is 0 Å². The van der Waals surface area contributed by atoms with E-state index in [1.807, 2.05) is 6.92 Å². The molecule has 1 aliphatic rings. The summed E-state index contributed by atoms with van der Waals surface area (Å²) >= 11 is 0. The molecule has 0 aromatic carbocycles. The summed E-state index contributed by atoms with van der Waals surface area (Å²) in [7, 11) is 1.53. The van der Waals surface area contributed by atoms with Crippen molar-refractivity contribution in [1.82, 2.24) is 0 Å². The summed E-state index contributed by atoms with van der Waals surface area (Å²) in [6.45, 7) is 4.58. The van der Waals surface area contributed by atoms with E-state index >= 15 is 0 Å². The Labute approximate surface area is 72.4 Å². The van der Waals surface area contributed by atoms with Crippen molar-refractivity contribution in [3.8, 4) is 0 Å². The normalized spacial score (nSPS) is 43.0. The molecule has 0 unspecified atom stereocenters. The fourth-order valence-corrected chi connectivity index (χ4v) is 0.903. The molecule has 1 fully saturated rings. The number of hydrogen-bond donors (Lipinski definition) is 1. The molecule has 0 spiro atoms. The second-order valence-electron chi connectivity index (χ2n) is 3.61. The average molecular weight is 176 g/mol. The first-order chi connectivity index (χ1) is 5.54. The van der Waals surface area contributed by atoms with Gasteiger partial charge in [0.2, 0.25) is 0 Å². The second kappa shape index (κ2) is 3.30. The summed E-state index contributed by atoms with van der Waals surface area (Å²) in [4.78, 5) is 0. The quantitative estimate of drug-likeness (QED) is 0.659. The monoisotopic (exact) mass is 176 g/mol. The van der Waals surface area contributed by atoms with Gasteiger partial charge in [0.05, 0.1) is 19.8 Å². The fourth-order valence-electron chi connectivity index (χ4n) is 0.903. The Morgan fingerprint density at radius 2 is 1.83 bits per heavy atom. The van der Waals surface area contributed by atoms with Gasteiger partial charge < -0.3 is 19.3 Å². The second-order valence-corrected chi connectivity index (χ2v) is 3.61.